The van der Waals surface area contributed by atoms with Gasteiger partial charge >= 0.3 is 5.97 Å². The van der Waals surface area contributed by atoms with Crippen molar-refractivity contribution in [2.75, 3.05) is 13.7 Å². The average molecular weight is 183 g/mol. The monoisotopic (exact) mass is 183 g/mol. The number of esters is 1. The van der Waals surface area contributed by atoms with Crippen LogP contribution in [-0.2, 0) is 9.53 Å². The second kappa shape index (κ2) is 2.98. The van der Waals surface area contributed by atoms with Gasteiger partial charge in [-0.05, 0) is 39.2 Å². The van der Waals surface area contributed by atoms with Crippen LogP contribution in [-0.4, -0.2) is 36.1 Å². The summed E-state index contributed by atoms with van der Waals surface area (Å²) in [5.41, 5.74) is -0.242. The van der Waals surface area contributed by atoms with Crippen LogP contribution in [0.3, 0.4) is 0 Å². The van der Waals surface area contributed by atoms with Crippen molar-refractivity contribution in [3.8, 4) is 0 Å². The Morgan fingerprint density at radius 2 is 2.31 bits per heavy atom. The van der Waals surface area contributed by atoms with Crippen LogP contribution in [0.1, 0.15) is 32.6 Å². The van der Waals surface area contributed by atoms with Crippen molar-refractivity contribution in [3.63, 3.8) is 0 Å². The Morgan fingerprint density at radius 3 is 3.00 bits per heavy atom. The maximum atomic E-state index is 11.7. The molecule has 3 heteroatoms. The molecule has 2 atom stereocenters. The highest BCUT2D eigenvalue weighted by molar-refractivity contribution is 5.81. The highest BCUT2D eigenvalue weighted by atomic mass is 16.5. The van der Waals surface area contributed by atoms with E-state index in [2.05, 4.69) is 11.8 Å². The molecule has 3 nitrogen and oxygen atoms in total. The molecule has 0 amide bonds. The summed E-state index contributed by atoms with van der Waals surface area (Å²) < 4.78 is 4.91. The molecule has 0 aromatic rings. The van der Waals surface area contributed by atoms with Crippen molar-refractivity contribution in [2.24, 2.45) is 0 Å². The number of hydrogen-bond donors (Lipinski definition) is 0. The van der Waals surface area contributed by atoms with Gasteiger partial charge in [0.2, 0.25) is 0 Å². The zero-order valence-electron chi connectivity index (χ0n) is 8.38. The van der Waals surface area contributed by atoms with Crippen molar-refractivity contribution in [1.82, 2.24) is 4.90 Å². The van der Waals surface area contributed by atoms with Gasteiger partial charge in [0.15, 0.2) is 0 Å². The first-order chi connectivity index (χ1) is 6.20. The molecule has 2 fully saturated rings. The average Bonchev–Trinajstić information content (AvgIpc) is 2.67. The smallest absolute Gasteiger partial charge is 0.326 e. The van der Waals surface area contributed by atoms with Gasteiger partial charge in [-0.15, -0.1) is 0 Å². The van der Waals surface area contributed by atoms with Crippen LogP contribution in [0.4, 0.5) is 0 Å². The number of hydrogen-bond acceptors (Lipinski definition) is 3. The molecule has 2 aliphatic heterocycles. The highest BCUT2D eigenvalue weighted by Crippen LogP contribution is 2.42. The predicted molar refractivity (Wildman–Crippen MR) is 49.4 cm³/mol. The molecule has 0 aromatic heterocycles. The van der Waals surface area contributed by atoms with Crippen LogP contribution in [0.2, 0.25) is 0 Å². The highest BCUT2D eigenvalue weighted by Gasteiger charge is 2.53. The fourth-order valence-corrected chi connectivity index (χ4v) is 2.93. The summed E-state index contributed by atoms with van der Waals surface area (Å²) in [7, 11) is 1.50. The summed E-state index contributed by atoms with van der Waals surface area (Å²) in [4.78, 5) is 14.0. The number of fused-ring (bicyclic) bond motifs is 1. The van der Waals surface area contributed by atoms with Crippen LogP contribution in [0.5, 0.6) is 0 Å². The number of nitrogens with zero attached hydrogens (tertiary/aromatic N) is 1. The zero-order chi connectivity index (χ0) is 9.47. The van der Waals surface area contributed by atoms with Gasteiger partial charge in [-0.2, -0.15) is 0 Å². The van der Waals surface area contributed by atoms with Gasteiger partial charge < -0.3 is 4.74 Å². The third-order valence-corrected chi connectivity index (χ3v) is 3.61. The van der Waals surface area contributed by atoms with Gasteiger partial charge in [0, 0.05) is 6.04 Å². The normalized spacial score (nSPS) is 39.1. The molecule has 0 aliphatic carbocycles. The van der Waals surface area contributed by atoms with E-state index in [-0.39, 0.29) is 11.5 Å². The van der Waals surface area contributed by atoms with Crippen LogP contribution < -0.4 is 0 Å². The van der Waals surface area contributed by atoms with E-state index < -0.39 is 0 Å². The van der Waals surface area contributed by atoms with E-state index in [1.165, 1.54) is 7.11 Å². The lowest BCUT2D eigenvalue weighted by molar-refractivity contribution is -0.152. The van der Waals surface area contributed by atoms with Crippen LogP contribution in [0.15, 0.2) is 0 Å². The molecular weight excluding hydrogens is 166 g/mol. The number of carbonyl (C=O) groups excluding carboxylic acids is 1. The summed E-state index contributed by atoms with van der Waals surface area (Å²) in [5.74, 6) is -0.0191. The molecule has 13 heavy (non-hydrogen) atoms. The Balaban J connectivity index is 2.25. The van der Waals surface area contributed by atoms with Gasteiger partial charge in [-0.1, -0.05) is 0 Å². The van der Waals surface area contributed by atoms with Gasteiger partial charge in [-0.25, -0.2) is 0 Å². The van der Waals surface area contributed by atoms with E-state index in [0.29, 0.717) is 6.04 Å². The van der Waals surface area contributed by atoms with Crippen LogP contribution in [0, 0.1) is 0 Å². The van der Waals surface area contributed by atoms with Crippen molar-refractivity contribution in [1.29, 1.82) is 0 Å². The van der Waals surface area contributed by atoms with Gasteiger partial charge in [0.25, 0.3) is 0 Å². The molecule has 2 aliphatic rings. The zero-order valence-corrected chi connectivity index (χ0v) is 8.38. The Labute approximate surface area is 79.0 Å². The van der Waals surface area contributed by atoms with Crippen LogP contribution >= 0.6 is 0 Å². The van der Waals surface area contributed by atoms with Crippen LogP contribution in [0.25, 0.3) is 0 Å². The SMILES string of the molecule is COC(=O)[C@]12CCCN1[C@H](C)CC2. The standard InChI is InChI=1S/C10H17NO2/c1-8-4-6-10(9(12)13-2)5-3-7-11(8)10/h8H,3-7H2,1-2H3/t8-,10-/m1/s1. The first-order valence-electron chi connectivity index (χ1n) is 5.06. The largest absolute Gasteiger partial charge is 0.468 e. The number of ether oxygens (including phenoxy) is 1. The Hall–Kier alpha value is -0.570. The fraction of sp³-hybridized carbons (Fsp3) is 0.900. The van der Waals surface area contributed by atoms with Crippen molar-refractivity contribution >= 4 is 5.97 Å². The second-order valence-corrected chi connectivity index (χ2v) is 4.21. The summed E-state index contributed by atoms with van der Waals surface area (Å²) in [6, 6.07) is 0.557. The number of carbonyl (C=O) groups is 1. The Bertz CT molecular complexity index is 229. The maximum absolute atomic E-state index is 11.7. The molecule has 0 aromatic carbocycles. The Kier molecular flexibility index (Phi) is 2.06. The van der Waals surface area contributed by atoms with E-state index in [1.54, 1.807) is 0 Å². The molecule has 2 rings (SSSR count). The molecule has 0 saturated carbocycles. The topological polar surface area (TPSA) is 29.5 Å². The molecule has 2 heterocycles. The van der Waals surface area contributed by atoms with Crippen molar-refractivity contribution in [2.45, 2.75) is 44.2 Å². The predicted octanol–water partition coefficient (Wildman–Crippen LogP) is 1.18. The lowest BCUT2D eigenvalue weighted by atomic mass is 9.94. The molecule has 2 saturated heterocycles. The number of methoxy groups -OCH3 is 1. The Morgan fingerprint density at radius 1 is 1.54 bits per heavy atom. The minimum absolute atomic E-state index is 0.0191. The molecular formula is C10H17NO2. The lowest BCUT2D eigenvalue weighted by Gasteiger charge is -2.30. The van der Waals surface area contributed by atoms with Gasteiger partial charge in [0.1, 0.15) is 5.54 Å². The summed E-state index contributed by atoms with van der Waals surface area (Å²) >= 11 is 0. The third-order valence-electron chi connectivity index (χ3n) is 3.61. The lowest BCUT2D eigenvalue weighted by Crippen LogP contribution is -2.48. The molecule has 0 N–H and O–H groups in total. The number of rotatable bonds is 1. The van der Waals surface area contributed by atoms with Gasteiger partial charge in [0.05, 0.1) is 7.11 Å². The van der Waals surface area contributed by atoms with E-state index in [0.717, 1.165) is 32.2 Å². The summed E-state index contributed by atoms with van der Waals surface area (Å²) in [6.07, 6.45) is 4.25. The molecule has 0 radical (unpaired) electrons. The van der Waals surface area contributed by atoms with Gasteiger partial charge in [-0.3, -0.25) is 9.69 Å². The molecule has 0 spiro atoms. The fourth-order valence-electron chi connectivity index (χ4n) is 2.93. The summed E-state index contributed by atoms with van der Waals surface area (Å²) in [5, 5.41) is 0. The molecule has 0 bridgehead atoms. The molecule has 74 valence electrons. The van der Waals surface area contributed by atoms with E-state index >= 15 is 0 Å². The minimum atomic E-state index is -0.242. The summed E-state index contributed by atoms with van der Waals surface area (Å²) in [6.45, 7) is 3.27. The van der Waals surface area contributed by atoms with E-state index in [1.807, 2.05) is 0 Å². The quantitative estimate of drug-likeness (QED) is 0.572. The molecule has 0 unspecified atom stereocenters. The minimum Gasteiger partial charge on any atom is -0.468 e. The first kappa shape index (κ1) is 9.00. The van der Waals surface area contributed by atoms with E-state index in [9.17, 15) is 4.79 Å². The van der Waals surface area contributed by atoms with Crippen molar-refractivity contribution in [3.05, 3.63) is 0 Å². The van der Waals surface area contributed by atoms with Crippen molar-refractivity contribution < 1.29 is 9.53 Å². The first-order valence-corrected chi connectivity index (χ1v) is 5.06. The van der Waals surface area contributed by atoms with E-state index in [4.69, 9.17) is 4.74 Å². The third kappa shape index (κ3) is 1.10. The maximum Gasteiger partial charge on any atom is 0.326 e. The second-order valence-electron chi connectivity index (χ2n) is 4.21.